The Morgan fingerprint density at radius 3 is 2.49 bits per heavy atom. The number of fused-ring (bicyclic) bond motifs is 1. The summed E-state index contributed by atoms with van der Waals surface area (Å²) in [7, 11) is 3.43. The van der Waals surface area contributed by atoms with E-state index in [0.717, 1.165) is 35.3 Å². The predicted octanol–water partition coefficient (Wildman–Crippen LogP) is 3.89. The number of nitrogens with zero attached hydrogens (tertiary/aromatic N) is 5. The summed E-state index contributed by atoms with van der Waals surface area (Å²) in [6.45, 7) is 5.44. The van der Waals surface area contributed by atoms with Crippen LogP contribution in [-0.4, -0.2) is 63.0 Å². The zero-order chi connectivity index (χ0) is 24.5. The summed E-state index contributed by atoms with van der Waals surface area (Å²) in [5, 5.41) is 8.75. The molecular formula is C26H28N6O3. The lowest BCUT2D eigenvalue weighted by molar-refractivity contribution is 0.0961. The normalized spacial score (nSPS) is 18.0. The van der Waals surface area contributed by atoms with Crippen LogP contribution in [0.2, 0.25) is 0 Å². The third-order valence-corrected chi connectivity index (χ3v) is 6.29. The van der Waals surface area contributed by atoms with Crippen LogP contribution in [-0.2, 0) is 7.05 Å². The Hall–Kier alpha value is -3.98. The highest BCUT2D eigenvalue weighted by Gasteiger charge is 2.31. The molecule has 0 bridgehead atoms. The number of benzene rings is 2. The smallest absolute Gasteiger partial charge is 0.415 e. The highest BCUT2D eigenvalue weighted by atomic mass is 16.6. The molecule has 0 radical (unpaired) electrons. The van der Waals surface area contributed by atoms with Crippen LogP contribution in [0.4, 0.5) is 4.79 Å². The van der Waals surface area contributed by atoms with Crippen LogP contribution in [0.15, 0.2) is 55.0 Å². The number of ether oxygens (including phenoxy) is 2. The summed E-state index contributed by atoms with van der Waals surface area (Å²) in [6, 6.07) is 13.5. The van der Waals surface area contributed by atoms with Gasteiger partial charge in [-0.1, -0.05) is 30.3 Å². The molecule has 1 aliphatic rings. The number of nitrogens with one attached hydrogen (secondary N) is 1. The first-order valence-electron chi connectivity index (χ1n) is 11.6. The number of carbonyl (C=O) groups excluding carboxylic acids is 1. The van der Waals surface area contributed by atoms with E-state index >= 15 is 0 Å². The number of carbonyl (C=O) groups is 1. The number of hydrogen-bond acceptors (Lipinski definition) is 7. The van der Waals surface area contributed by atoms with Crippen LogP contribution in [0.1, 0.15) is 13.8 Å². The summed E-state index contributed by atoms with van der Waals surface area (Å²) < 4.78 is 13.2. The fourth-order valence-corrected chi connectivity index (χ4v) is 4.63. The Kier molecular flexibility index (Phi) is 6.08. The first-order valence-corrected chi connectivity index (χ1v) is 11.6. The van der Waals surface area contributed by atoms with Crippen LogP contribution in [0, 0.1) is 0 Å². The molecule has 1 N–H and O–H groups in total. The van der Waals surface area contributed by atoms with Crippen molar-refractivity contribution >= 4 is 17.0 Å². The molecule has 1 aliphatic heterocycles. The molecule has 2 aromatic carbocycles. The van der Waals surface area contributed by atoms with E-state index in [1.165, 1.54) is 6.33 Å². The van der Waals surface area contributed by atoms with Crippen LogP contribution in [0.5, 0.6) is 11.5 Å². The monoisotopic (exact) mass is 472 g/mol. The van der Waals surface area contributed by atoms with Gasteiger partial charge in [0.1, 0.15) is 12.0 Å². The molecule has 1 saturated heterocycles. The molecule has 5 rings (SSSR count). The minimum absolute atomic E-state index is 0.0143. The lowest BCUT2D eigenvalue weighted by Crippen LogP contribution is -2.57. The Labute approximate surface area is 203 Å². The van der Waals surface area contributed by atoms with E-state index in [2.05, 4.69) is 20.4 Å². The predicted molar refractivity (Wildman–Crippen MR) is 133 cm³/mol. The van der Waals surface area contributed by atoms with E-state index < -0.39 is 6.09 Å². The molecule has 9 heteroatoms. The van der Waals surface area contributed by atoms with Gasteiger partial charge in [0.25, 0.3) is 0 Å². The lowest BCUT2D eigenvalue weighted by atomic mass is 10.0. The lowest BCUT2D eigenvalue weighted by Gasteiger charge is -2.38. The number of aryl methyl sites for hydroxylation is 1. The molecule has 0 aliphatic carbocycles. The van der Waals surface area contributed by atoms with Crippen molar-refractivity contribution in [3.05, 3.63) is 55.0 Å². The minimum atomic E-state index is -0.408. The molecule has 2 atom stereocenters. The van der Waals surface area contributed by atoms with Crippen molar-refractivity contribution in [3.63, 3.8) is 0 Å². The summed E-state index contributed by atoms with van der Waals surface area (Å²) in [4.78, 5) is 24.0. The van der Waals surface area contributed by atoms with E-state index in [9.17, 15) is 4.79 Å². The number of hydrogen-bond donors (Lipinski definition) is 1. The summed E-state index contributed by atoms with van der Waals surface area (Å²) in [6.07, 6.45) is 3.05. The number of rotatable bonds is 4. The molecule has 1 amide bonds. The molecule has 0 unspecified atom stereocenters. The first kappa shape index (κ1) is 22.8. The number of aromatic nitrogens is 4. The molecule has 9 nitrogen and oxygen atoms in total. The second-order valence-corrected chi connectivity index (χ2v) is 8.81. The topological polar surface area (TPSA) is 94.4 Å². The van der Waals surface area contributed by atoms with Crippen molar-refractivity contribution in [2.24, 2.45) is 7.05 Å². The summed E-state index contributed by atoms with van der Waals surface area (Å²) in [5.41, 5.74) is 4.03. The third-order valence-electron chi connectivity index (χ3n) is 6.29. The van der Waals surface area contributed by atoms with Gasteiger partial charge in [0.15, 0.2) is 11.5 Å². The highest BCUT2D eigenvalue weighted by molar-refractivity contribution is 5.97. The fraction of sp³-hybridized carbons (Fsp3) is 0.308. The number of methoxy groups -OCH3 is 1. The van der Waals surface area contributed by atoms with Gasteiger partial charge in [-0.3, -0.25) is 9.58 Å². The highest BCUT2D eigenvalue weighted by Crippen LogP contribution is 2.38. The summed E-state index contributed by atoms with van der Waals surface area (Å²) in [5.74, 6) is 0.754. The van der Waals surface area contributed by atoms with Crippen molar-refractivity contribution in [3.8, 4) is 34.0 Å². The van der Waals surface area contributed by atoms with Gasteiger partial charge in [-0.15, -0.1) is 0 Å². The average Bonchev–Trinajstić information content (AvgIpc) is 3.25. The minimum Gasteiger partial charge on any atom is -0.493 e. The van der Waals surface area contributed by atoms with Crippen LogP contribution in [0.25, 0.3) is 33.4 Å². The van der Waals surface area contributed by atoms with Crippen molar-refractivity contribution in [1.82, 2.24) is 30.0 Å². The number of piperazine rings is 1. The largest absolute Gasteiger partial charge is 0.493 e. The van der Waals surface area contributed by atoms with E-state index in [1.807, 2.05) is 57.4 Å². The maximum absolute atomic E-state index is 13.2. The second-order valence-electron chi connectivity index (χ2n) is 8.81. The molecule has 1 fully saturated rings. The van der Waals surface area contributed by atoms with Gasteiger partial charge in [0, 0.05) is 61.0 Å². The Morgan fingerprint density at radius 1 is 1.03 bits per heavy atom. The summed E-state index contributed by atoms with van der Waals surface area (Å²) >= 11 is 0. The van der Waals surface area contributed by atoms with Gasteiger partial charge in [-0.05, 0) is 19.9 Å². The Balaban J connectivity index is 1.60. The Morgan fingerprint density at radius 2 is 1.77 bits per heavy atom. The van der Waals surface area contributed by atoms with Gasteiger partial charge in [0.2, 0.25) is 0 Å². The molecule has 180 valence electrons. The second kappa shape index (κ2) is 9.34. The van der Waals surface area contributed by atoms with E-state index in [1.54, 1.807) is 28.8 Å². The van der Waals surface area contributed by atoms with Crippen molar-refractivity contribution < 1.29 is 14.3 Å². The molecule has 0 saturated carbocycles. The molecule has 35 heavy (non-hydrogen) atoms. The molecular weight excluding hydrogens is 444 g/mol. The quantitative estimate of drug-likeness (QED) is 0.482. The van der Waals surface area contributed by atoms with Crippen LogP contribution in [0.3, 0.4) is 0 Å². The third kappa shape index (κ3) is 4.30. The van der Waals surface area contributed by atoms with Crippen LogP contribution >= 0.6 is 0 Å². The van der Waals surface area contributed by atoms with E-state index in [4.69, 9.17) is 9.47 Å². The fourth-order valence-electron chi connectivity index (χ4n) is 4.63. The molecule has 4 aromatic rings. The van der Waals surface area contributed by atoms with Crippen LogP contribution < -0.4 is 14.8 Å². The maximum atomic E-state index is 13.2. The van der Waals surface area contributed by atoms with Gasteiger partial charge in [-0.25, -0.2) is 14.8 Å². The molecule has 2 aromatic heterocycles. The maximum Gasteiger partial charge on any atom is 0.415 e. The van der Waals surface area contributed by atoms with Crippen molar-refractivity contribution in [2.75, 3.05) is 20.2 Å². The van der Waals surface area contributed by atoms with Gasteiger partial charge in [0.05, 0.1) is 18.3 Å². The van der Waals surface area contributed by atoms with Gasteiger partial charge in [-0.2, -0.15) is 5.10 Å². The SMILES string of the molecule is COc1cc2ncnc(-c3cn(C)nc3-c3ccccc3)c2cc1OC(=O)N1[C@H](C)CNC[C@H]1C. The van der Waals surface area contributed by atoms with E-state index in [-0.39, 0.29) is 12.1 Å². The van der Waals surface area contributed by atoms with Gasteiger partial charge < -0.3 is 14.8 Å². The number of amides is 1. The first-order chi connectivity index (χ1) is 17.0. The van der Waals surface area contributed by atoms with E-state index in [0.29, 0.717) is 22.7 Å². The standard InChI is InChI=1S/C26H28N6O3/c1-16-12-27-13-17(2)32(16)26(33)35-23-10-19-21(11-22(23)34-4)28-15-29-25(19)20-14-31(3)30-24(20)18-8-6-5-7-9-18/h5-11,14-17,27H,12-13H2,1-4H3/t16-,17-/m1/s1. The molecule has 3 heterocycles. The Bertz CT molecular complexity index is 1360. The van der Waals surface area contributed by atoms with Gasteiger partial charge >= 0.3 is 6.09 Å². The zero-order valence-corrected chi connectivity index (χ0v) is 20.2. The zero-order valence-electron chi connectivity index (χ0n) is 20.2. The van der Waals surface area contributed by atoms with Crippen molar-refractivity contribution in [2.45, 2.75) is 25.9 Å². The van der Waals surface area contributed by atoms with Crippen molar-refractivity contribution in [1.29, 1.82) is 0 Å². The molecule has 0 spiro atoms. The average molecular weight is 473 g/mol.